The fourth-order valence-electron chi connectivity index (χ4n) is 3.70. The van der Waals surface area contributed by atoms with Gasteiger partial charge < -0.3 is 20.9 Å². The van der Waals surface area contributed by atoms with Gasteiger partial charge in [0, 0.05) is 56.8 Å². The number of nitrogens with one attached hydrogen (secondary N) is 1. The fraction of sp³-hybridized carbons (Fsp3) is 0.579. The molecule has 136 valence electrons. The lowest BCUT2D eigenvalue weighted by atomic mass is 10.1. The minimum absolute atomic E-state index is 0.0273. The minimum Gasteiger partial charge on any atom is -0.368 e. The second kappa shape index (κ2) is 8.34. The second-order valence-electron chi connectivity index (χ2n) is 7.01. The molecule has 1 saturated carbocycles. The molecular formula is C19H28N4O2. The number of hydrogen-bond donors (Lipinski definition) is 2. The smallest absolute Gasteiger partial charge is 0.224 e. The van der Waals surface area contributed by atoms with Gasteiger partial charge in [-0.05, 0) is 31.4 Å². The van der Waals surface area contributed by atoms with Gasteiger partial charge in [0.1, 0.15) is 0 Å². The number of carbonyl (C=O) groups excluding carboxylic acids is 2. The third kappa shape index (κ3) is 4.72. The van der Waals surface area contributed by atoms with Gasteiger partial charge in [-0.25, -0.2) is 0 Å². The van der Waals surface area contributed by atoms with E-state index in [9.17, 15) is 9.59 Å². The Morgan fingerprint density at radius 3 is 2.44 bits per heavy atom. The van der Waals surface area contributed by atoms with Gasteiger partial charge in [-0.15, -0.1) is 0 Å². The topological polar surface area (TPSA) is 78.7 Å². The summed E-state index contributed by atoms with van der Waals surface area (Å²) in [6, 6.07) is 10.4. The van der Waals surface area contributed by atoms with Crippen molar-refractivity contribution in [1.82, 2.24) is 10.2 Å². The van der Waals surface area contributed by atoms with Crippen molar-refractivity contribution < 1.29 is 9.59 Å². The summed E-state index contributed by atoms with van der Waals surface area (Å²) in [5, 5.41) is 2.90. The zero-order valence-electron chi connectivity index (χ0n) is 14.7. The highest BCUT2D eigenvalue weighted by Crippen LogP contribution is 2.24. The average molecular weight is 344 g/mol. The summed E-state index contributed by atoms with van der Waals surface area (Å²) in [5.41, 5.74) is 7.05. The third-order valence-corrected chi connectivity index (χ3v) is 5.24. The van der Waals surface area contributed by atoms with Gasteiger partial charge in [-0.2, -0.15) is 0 Å². The highest BCUT2D eigenvalue weighted by atomic mass is 16.2. The molecule has 2 amide bonds. The first kappa shape index (κ1) is 17.7. The van der Waals surface area contributed by atoms with Gasteiger partial charge in [0.05, 0.1) is 0 Å². The number of para-hydroxylation sites is 1. The molecule has 3 N–H and O–H groups in total. The number of anilines is 1. The van der Waals surface area contributed by atoms with Crippen molar-refractivity contribution >= 4 is 17.5 Å². The summed E-state index contributed by atoms with van der Waals surface area (Å²) in [5.74, 6) is 0.199. The first-order valence-corrected chi connectivity index (χ1v) is 9.24. The van der Waals surface area contributed by atoms with E-state index >= 15 is 0 Å². The lowest BCUT2D eigenvalue weighted by molar-refractivity contribution is -0.131. The molecule has 25 heavy (non-hydrogen) atoms. The number of carbonyl (C=O) groups is 2. The van der Waals surface area contributed by atoms with Crippen LogP contribution >= 0.6 is 0 Å². The van der Waals surface area contributed by atoms with Crippen LogP contribution in [0.5, 0.6) is 0 Å². The van der Waals surface area contributed by atoms with E-state index in [1.165, 1.54) is 5.69 Å². The van der Waals surface area contributed by atoms with Crippen LogP contribution in [-0.4, -0.2) is 55.5 Å². The quantitative estimate of drug-likeness (QED) is 0.834. The van der Waals surface area contributed by atoms with Crippen molar-refractivity contribution in [2.24, 2.45) is 11.7 Å². The molecule has 1 aliphatic carbocycles. The van der Waals surface area contributed by atoms with Crippen LogP contribution in [0.4, 0.5) is 5.69 Å². The minimum atomic E-state index is 0.0273. The van der Waals surface area contributed by atoms with Crippen molar-refractivity contribution in [3.63, 3.8) is 0 Å². The molecule has 1 saturated heterocycles. The Bertz CT molecular complexity index is 584. The van der Waals surface area contributed by atoms with Crippen molar-refractivity contribution in [3.8, 4) is 0 Å². The van der Waals surface area contributed by atoms with Crippen LogP contribution in [0.15, 0.2) is 30.3 Å². The number of benzene rings is 1. The molecule has 3 rings (SSSR count). The first-order valence-electron chi connectivity index (χ1n) is 9.24. The molecule has 6 heteroatoms. The maximum absolute atomic E-state index is 12.3. The second-order valence-corrected chi connectivity index (χ2v) is 7.01. The Balaban J connectivity index is 1.36. The van der Waals surface area contributed by atoms with Crippen LogP contribution in [0.3, 0.4) is 0 Å². The monoisotopic (exact) mass is 344 g/mol. The van der Waals surface area contributed by atoms with Gasteiger partial charge >= 0.3 is 0 Å². The molecule has 2 aliphatic rings. The number of piperazine rings is 1. The van der Waals surface area contributed by atoms with Crippen LogP contribution < -0.4 is 16.0 Å². The molecule has 2 atom stereocenters. The van der Waals surface area contributed by atoms with E-state index < -0.39 is 0 Å². The molecule has 1 aromatic rings. The highest BCUT2D eigenvalue weighted by molar-refractivity contribution is 5.81. The van der Waals surface area contributed by atoms with Gasteiger partial charge in [-0.3, -0.25) is 9.59 Å². The third-order valence-electron chi connectivity index (χ3n) is 5.24. The van der Waals surface area contributed by atoms with Crippen LogP contribution in [0.1, 0.15) is 25.7 Å². The normalized spacial score (nSPS) is 23.6. The van der Waals surface area contributed by atoms with E-state index in [4.69, 9.17) is 5.73 Å². The van der Waals surface area contributed by atoms with Crippen molar-refractivity contribution in [2.45, 2.75) is 31.7 Å². The molecular weight excluding hydrogens is 316 g/mol. The Hall–Kier alpha value is -2.08. The predicted molar refractivity (Wildman–Crippen MR) is 98.2 cm³/mol. The molecule has 2 fully saturated rings. The summed E-state index contributed by atoms with van der Waals surface area (Å²) < 4.78 is 0. The molecule has 6 nitrogen and oxygen atoms in total. The maximum atomic E-state index is 12.3. The van der Waals surface area contributed by atoms with E-state index in [1.54, 1.807) is 0 Å². The van der Waals surface area contributed by atoms with Crippen molar-refractivity contribution in [3.05, 3.63) is 30.3 Å². The number of amides is 2. The van der Waals surface area contributed by atoms with E-state index in [1.807, 2.05) is 23.1 Å². The lowest BCUT2D eigenvalue weighted by Gasteiger charge is -2.36. The van der Waals surface area contributed by atoms with Gasteiger partial charge in [0.25, 0.3) is 0 Å². The molecule has 1 aromatic carbocycles. The standard InChI is InChI=1S/C19H28N4O2/c20-16-7-6-15(14-16)19(25)21-9-8-18(24)23-12-10-22(11-13-23)17-4-2-1-3-5-17/h1-5,15-16H,6-14,20H2,(H,21,25). The van der Waals surface area contributed by atoms with E-state index in [0.29, 0.717) is 13.0 Å². The summed E-state index contributed by atoms with van der Waals surface area (Å²) in [6.45, 7) is 3.59. The average Bonchev–Trinajstić information content (AvgIpc) is 3.09. The Kier molecular flexibility index (Phi) is 5.91. The molecule has 0 radical (unpaired) electrons. The molecule has 2 unspecified atom stereocenters. The van der Waals surface area contributed by atoms with Crippen molar-refractivity contribution in [2.75, 3.05) is 37.6 Å². The maximum Gasteiger partial charge on any atom is 0.224 e. The van der Waals surface area contributed by atoms with E-state index in [0.717, 1.165) is 45.4 Å². The summed E-state index contributed by atoms with van der Waals surface area (Å²) in [7, 11) is 0. The SMILES string of the molecule is NC1CCC(C(=O)NCCC(=O)N2CCN(c3ccccc3)CC2)C1. The number of hydrogen-bond acceptors (Lipinski definition) is 4. The Morgan fingerprint density at radius 2 is 1.80 bits per heavy atom. The molecule has 0 bridgehead atoms. The van der Waals surface area contributed by atoms with Gasteiger partial charge in [0.2, 0.25) is 11.8 Å². The Morgan fingerprint density at radius 1 is 1.08 bits per heavy atom. The van der Waals surface area contributed by atoms with E-state index in [2.05, 4.69) is 22.3 Å². The van der Waals surface area contributed by atoms with Crippen LogP contribution in [-0.2, 0) is 9.59 Å². The molecule has 0 aromatic heterocycles. The fourth-order valence-corrected chi connectivity index (χ4v) is 3.70. The van der Waals surface area contributed by atoms with Crippen molar-refractivity contribution in [1.29, 1.82) is 0 Å². The Labute approximate surface area is 149 Å². The highest BCUT2D eigenvalue weighted by Gasteiger charge is 2.27. The molecule has 1 aliphatic heterocycles. The van der Waals surface area contributed by atoms with E-state index in [-0.39, 0.29) is 23.8 Å². The number of nitrogens with two attached hydrogens (primary N) is 1. The van der Waals surface area contributed by atoms with Gasteiger partial charge in [-0.1, -0.05) is 18.2 Å². The summed E-state index contributed by atoms with van der Waals surface area (Å²) >= 11 is 0. The zero-order valence-corrected chi connectivity index (χ0v) is 14.7. The first-order chi connectivity index (χ1) is 12.1. The van der Waals surface area contributed by atoms with Crippen LogP contribution in [0.25, 0.3) is 0 Å². The summed E-state index contributed by atoms with van der Waals surface area (Å²) in [6.07, 6.45) is 2.92. The van der Waals surface area contributed by atoms with Gasteiger partial charge in [0.15, 0.2) is 0 Å². The number of nitrogens with zero attached hydrogens (tertiary/aromatic N) is 2. The number of rotatable bonds is 5. The lowest BCUT2D eigenvalue weighted by Crippen LogP contribution is -2.49. The summed E-state index contributed by atoms with van der Waals surface area (Å²) in [4.78, 5) is 28.6. The zero-order chi connectivity index (χ0) is 17.6. The largest absolute Gasteiger partial charge is 0.368 e. The predicted octanol–water partition coefficient (Wildman–Crippen LogP) is 0.969. The molecule has 1 heterocycles. The van der Waals surface area contributed by atoms with Crippen LogP contribution in [0.2, 0.25) is 0 Å². The van der Waals surface area contributed by atoms with Crippen LogP contribution in [0, 0.1) is 5.92 Å². The molecule has 0 spiro atoms.